The van der Waals surface area contributed by atoms with E-state index >= 15 is 0 Å². The van der Waals surface area contributed by atoms with Crippen LogP contribution in [-0.4, -0.2) is 18.9 Å². The van der Waals surface area contributed by atoms with E-state index in [1.165, 1.54) is 0 Å². The summed E-state index contributed by atoms with van der Waals surface area (Å²) in [5, 5.41) is 0. The molecule has 0 saturated heterocycles. The van der Waals surface area contributed by atoms with Crippen LogP contribution in [0.1, 0.15) is 46.0 Å². The number of halogens is 3. The van der Waals surface area contributed by atoms with Gasteiger partial charge in [-0.2, -0.15) is 13.2 Å². The van der Waals surface area contributed by atoms with E-state index < -0.39 is 6.18 Å². The third-order valence-electron chi connectivity index (χ3n) is 2.09. The first-order valence-corrected chi connectivity index (χ1v) is 5.48. The standard InChI is InChI=1S/C11H20F3O/c1-3-4-7-10(2)15-9-6-5-8-11(12,13)14/h8,10H,3-7,9H2,1-2H3. The van der Waals surface area contributed by atoms with E-state index in [0.29, 0.717) is 19.4 Å². The fraction of sp³-hybridized carbons (Fsp3) is 0.909. The van der Waals surface area contributed by atoms with Gasteiger partial charge in [0.2, 0.25) is 0 Å². The maximum absolute atomic E-state index is 11.7. The Labute approximate surface area is 90.0 Å². The summed E-state index contributed by atoms with van der Waals surface area (Å²) < 4.78 is 40.5. The Kier molecular flexibility index (Phi) is 7.83. The molecule has 0 aromatic rings. The Hall–Kier alpha value is -0.250. The molecule has 0 saturated carbocycles. The van der Waals surface area contributed by atoms with E-state index in [9.17, 15) is 13.2 Å². The van der Waals surface area contributed by atoms with E-state index in [0.717, 1.165) is 19.3 Å². The molecule has 0 bridgehead atoms. The lowest BCUT2D eigenvalue weighted by Crippen LogP contribution is -2.11. The van der Waals surface area contributed by atoms with Crippen molar-refractivity contribution in [3.63, 3.8) is 0 Å². The molecule has 0 aliphatic carbocycles. The van der Waals surface area contributed by atoms with Crippen LogP contribution in [0.15, 0.2) is 0 Å². The first-order chi connectivity index (χ1) is 6.95. The van der Waals surface area contributed by atoms with Gasteiger partial charge in [-0.1, -0.05) is 19.8 Å². The average molecular weight is 225 g/mol. The summed E-state index contributed by atoms with van der Waals surface area (Å²) in [6.07, 6.45) is 0.0991. The molecule has 0 aromatic heterocycles. The topological polar surface area (TPSA) is 9.23 Å². The van der Waals surface area contributed by atoms with Gasteiger partial charge in [0.25, 0.3) is 0 Å². The predicted octanol–water partition coefficient (Wildman–Crippen LogP) is 4.13. The van der Waals surface area contributed by atoms with Gasteiger partial charge in [-0.25, -0.2) is 0 Å². The number of alkyl halides is 3. The number of ether oxygens (including phenoxy) is 1. The van der Waals surface area contributed by atoms with Crippen molar-refractivity contribution in [1.82, 2.24) is 0 Å². The van der Waals surface area contributed by atoms with Crippen LogP contribution in [0.25, 0.3) is 0 Å². The molecule has 0 spiro atoms. The monoisotopic (exact) mass is 225 g/mol. The van der Waals surface area contributed by atoms with Crippen LogP contribution in [0, 0.1) is 6.42 Å². The summed E-state index contributed by atoms with van der Waals surface area (Å²) >= 11 is 0. The van der Waals surface area contributed by atoms with E-state index in [-0.39, 0.29) is 12.5 Å². The van der Waals surface area contributed by atoms with Crippen molar-refractivity contribution in [1.29, 1.82) is 0 Å². The molecule has 91 valence electrons. The lowest BCUT2D eigenvalue weighted by molar-refractivity contribution is -0.0989. The second-order valence-corrected chi connectivity index (χ2v) is 3.71. The van der Waals surface area contributed by atoms with Gasteiger partial charge in [0.1, 0.15) is 0 Å². The second kappa shape index (κ2) is 7.97. The van der Waals surface area contributed by atoms with Crippen molar-refractivity contribution < 1.29 is 17.9 Å². The molecule has 0 fully saturated rings. The van der Waals surface area contributed by atoms with E-state index in [4.69, 9.17) is 4.74 Å². The van der Waals surface area contributed by atoms with Gasteiger partial charge in [-0.3, -0.25) is 0 Å². The van der Waals surface area contributed by atoms with Crippen molar-refractivity contribution >= 4 is 0 Å². The first-order valence-electron chi connectivity index (χ1n) is 5.48. The molecule has 1 nitrogen and oxygen atoms in total. The number of unbranched alkanes of at least 4 members (excludes halogenated alkanes) is 2. The summed E-state index contributed by atoms with van der Waals surface area (Å²) in [6.45, 7) is 4.48. The molecule has 0 N–H and O–H groups in total. The highest BCUT2D eigenvalue weighted by Crippen LogP contribution is 2.21. The number of hydrogen-bond donors (Lipinski definition) is 0. The van der Waals surface area contributed by atoms with Crippen molar-refractivity contribution in [2.24, 2.45) is 0 Å². The van der Waals surface area contributed by atoms with Crippen LogP contribution in [0.2, 0.25) is 0 Å². The molecule has 1 atom stereocenters. The van der Waals surface area contributed by atoms with Crippen molar-refractivity contribution in [2.45, 2.75) is 58.2 Å². The molecule has 1 unspecified atom stereocenters. The van der Waals surface area contributed by atoms with E-state index in [1.54, 1.807) is 0 Å². The molecular weight excluding hydrogens is 205 g/mol. The summed E-state index contributed by atoms with van der Waals surface area (Å²) in [4.78, 5) is 0. The minimum atomic E-state index is -4.15. The average Bonchev–Trinajstić information content (AvgIpc) is 2.12. The zero-order valence-corrected chi connectivity index (χ0v) is 9.44. The Morgan fingerprint density at radius 1 is 1.27 bits per heavy atom. The third kappa shape index (κ3) is 11.7. The Morgan fingerprint density at radius 2 is 1.93 bits per heavy atom. The van der Waals surface area contributed by atoms with Gasteiger partial charge in [-0.15, -0.1) is 0 Å². The van der Waals surface area contributed by atoms with Crippen LogP contribution >= 0.6 is 0 Å². The first kappa shape index (κ1) is 14.8. The molecule has 4 heteroatoms. The molecule has 0 amide bonds. The van der Waals surface area contributed by atoms with Gasteiger partial charge in [-0.05, 0) is 26.2 Å². The van der Waals surface area contributed by atoms with Crippen LogP contribution < -0.4 is 0 Å². The van der Waals surface area contributed by atoms with Crippen LogP contribution in [-0.2, 0) is 4.74 Å². The Morgan fingerprint density at radius 3 is 2.47 bits per heavy atom. The molecule has 15 heavy (non-hydrogen) atoms. The smallest absolute Gasteiger partial charge is 0.379 e. The molecule has 1 radical (unpaired) electrons. The maximum Gasteiger partial charge on any atom is 0.392 e. The SMILES string of the molecule is CCCCC(C)OCCC[CH]C(F)(F)F. The summed E-state index contributed by atoms with van der Waals surface area (Å²) in [6, 6.07) is 0. The summed E-state index contributed by atoms with van der Waals surface area (Å²) in [5.74, 6) is 0. The van der Waals surface area contributed by atoms with Crippen LogP contribution in [0.3, 0.4) is 0 Å². The maximum atomic E-state index is 11.7. The van der Waals surface area contributed by atoms with Crippen LogP contribution in [0.5, 0.6) is 0 Å². The van der Waals surface area contributed by atoms with Gasteiger partial charge in [0, 0.05) is 6.61 Å². The van der Waals surface area contributed by atoms with E-state index in [1.807, 2.05) is 6.92 Å². The fourth-order valence-corrected chi connectivity index (χ4v) is 1.21. The summed E-state index contributed by atoms with van der Waals surface area (Å²) in [7, 11) is 0. The highest BCUT2D eigenvalue weighted by atomic mass is 19.4. The van der Waals surface area contributed by atoms with Gasteiger partial charge in [0.05, 0.1) is 12.5 Å². The molecule has 0 aliphatic heterocycles. The number of hydrogen-bond acceptors (Lipinski definition) is 1. The van der Waals surface area contributed by atoms with E-state index in [2.05, 4.69) is 6.92 Å². The molecule has 0 rings (SSSR count). The zero-order chi connectivity index (χ0) is 11.7. The van der Waals surface area contributed by atoms with Gasteiger partial charge >= 0.3 is 6.18 Å². The van der Waals surface area contributed by atoms with Crippen molar-refractivity contribution in [2.75, 3.05) is 6.61 Å². The van der Waals surface area contributed by atoms with Gasteiger partial charge < -0.3 is 4.74 Å². The van der Waals surface area contributed by atoms with Crippen molar-refractivity contribution in [3.8, 4) is 0 Å². The van der Waals surface area contributed by atoms with Gasteiger partial charge in [0.15, 0.2) is 0 Å². The lowest BCUT2D eigenvalue weighted by atomic mass is 10.2. The van der Waals surface area contributed by atoms with Crippen molar-refractivity contribution in [3.05, 3.63) is 6.42 Å². The van der Waals surface area contributed by atoms with Crippen LogP contribution in [0.4, 0.5) is 13.2 Å². The Bertz CT molecular complexity index is 145. The second-order valence-electron chi connectivity index (χ2n) is 3.71. The number of rotatable bonds is 8. The largest absolute Gasteiger partial charge is 0.392 e. The highest BCUT2D eigenvalue weighted by Gasteiger charge is 2.26. The minimum Gasteiger partial charge on any atom is -0.379 e. The molecule has 0 aromatic carbocycles. The zero-order valence-electron chi connectivity index (χ0n) is 9.44. The lowest BCUT2D eigenvalue weighted by Gasteiger charge is -2.12. The third-order valence-corrected chi connectivity index (χ3v) is 2.09. The Balaban J connectivity index is 3.23. The molecular formula is C11H20F3O. The highest BCUT2D eigenvalue weighted by molar-refractivity contribution is 4.73. The normalized spacial score (nSPS) is 14.2. The minimum absolute atomic E-state index is 0.0456. The summed E-state index contributed by atoms with van der Waals surface area (Å²) in [5.41, 5.74) is 0. The molecule has 0 aliphatic rings. The quantitative estimate of drug-likeness (QED) is 0.564. The predicted molar refractivity (Wildman–Crippen MR) is 54.5 cm³/mol. The molecule has 0 heterocycles. The fourth-order valence-electron chi connectivity index (χ4n) is 1.21.